The number of likely N-dealkylation sites (N-methyl/N-ethyl adjacent to an activating group) is 3. The molecular weight excluding hydrogens is 1640 g/mol. The zero-order valence-corrected chi connectivity index (χ0v) is 71.3. The van der Waals surface area contributed by atoms with Gasteiger partial charge in [0.05, 0.1) is 41.4 Å². The summed E-state index contributed by atoms with van der Waals surface area (Å²) in [5, 5.41) is 143. The van der Waals surface area contributed by atoms with Gasteiger partial charge in [-0.25, -0.2) is 9.18 Å². The van der Waals surface area contributed by atoms with E-state index in [-0.39, 0.29) is 108 Å². The highest BCUT2D eigenvalue weighted by Gasteiger charge is 2.68. The number of rotatable bonds is 15. The monoisotopic (exact) mass is 1740 g/mol. The minimum Gasteiger partial charge on any atom is -0.508 e. The van der Waals surface area contributed by atoms with E-state index < -0.39 is 180 Å². The van der Waals surface area contributed by atoms with E-state index in [4.69, 9.17) is 21.9 Å². The minimum absolute atomic E-state index is 0.00162. The smallest absolute Gasteiger partial charge is 0.411 e. The fourth-order valence-corrected chi connectivity index (χ4v) is 20.5. The number of nitrogens with zero attached hydrogens (tertiary/aromatic N) is 3. The number of hydrogen-bond acceptors (Lipinski definition) is 27. The van der Waals surface area contributed by atoms with Crippen molar-refractivity contribution in [3.05, 3.63) is 216 Å². The standard InChI is InChI=1S/C35H37N3O7.C32H35N3O9.C28H27FN2O7/c1-16(2)37-15-17-9-10-21(20-8-6-5-7-19(17)20)22-11-12-25(39)27-23(22)13-18-14-24-29(38(3)4)31(41)28(34(36)44)33(43)35(24,45)32(42)26(18)30(27)40;1-14(2)13-44-31(42)34-17-7-5-15(6-8-17)18-9-10-21(36)23-19(18)11-16-12-20-25(35(3)4)27(38)24(30(33)41)29(40)32(20,43)28(39)22(16)26(23)37;1-11-8-12(4-6-17(11)29)14-5-7-18(32)20-15(14)9-13-10-16-22(31(2)3)24(34)21(27(30)37)26(36)28(16,38)25(35)19(13)23(20)33/h5-12,16,18,24,29,37,39-40,43,45H,13-15H2,1-4H3,(H2,36,44);5-10,14,16,20,25,36-37,40,43H,11-13H2,1-4H3,(H2,33,41)(H,34,42);4-8,13,16,22,32-33,36,38H,9-10H2,1-3H3,(H2,30,37)/t18-,24-,29-,35-;16-,20-,25-,32-;13-,16-,22-,28-/m000/s1. The molecule has 32 heteroatoms. The number of carbonyl (C=O) groups is 10. The van der Waals surface area contributed by atoms with Crippen molar-refractivity contribution in [3.8, 4) is 50.6 Å². The first-order valence-corrected chi connectivity index (χ1v) is 41.3. The number of ketones is 6. The average molecular weight is 1740 g/mol. The molecule has 7 aromatic carbocycles. The maximum absolute atomic E-state index is 14.1. The first-order valence-electron chi connectivity index (χ1n) is 41.3. The van der Waals surface area contributed by atoms with Crippen LogP contribution in [0.3, 0.4) is 0 Å². The molecule has 0 bridgehead atoms. The lowest BCUT2D eigenvalue weighted by Gasteiger charge is -2.50. The predicted octanol–water partition coefficient (Wildman–Crippen LogP) is 8.20. The number of nitrogens with one attached hydrogen (secondary N) is 2. The maximum Gasteiger partial charge on any atom is 0.411 e. The SMILES string of the molecule is CC(C)COC(=O)Nc1ccc(-c2ccc(O)c3c2C[C@H]2C[C@H]4[C@H](N(C)C)C(=O)C(C(N)=O)=C(O)[C@@]4(O)C(=O)C2=C3O)cc1.CC(C)NCc1ccc(-c2ccc(O)c3c2C[C@H]2C[C@H]4[C@H](N(C)C)C(=O)C(C(N)=O)=C(O)[C@@]4(O)C(=O)C2=C3O)c2ccccc12.Cc1cc(-c2ccc(O)c3c2C[C@H]2C[C@H]4[C@H](N(C)C)C(=O)C(C(N)=O)=C(O)[C@@]4(O)C(=O)C2=C3O)ccc1F. The molecule has 0 aromatic heterocycles. The molecule has 3 fully saturated rings. The Morgan fingerprint density at radius 1 is 0.472 bits per heavy atom. The van der Waals surface area contributed by atoms with Gasteiger partial charge in [-0.1, -0.05) is 100 Å². The second-order valence-electron chi connectivity index (χ2n) is 35.4. The quantitative estimate of drug-likeness (QED) is 0.0430. The van der Waals surface area contributed by atoms with Crippen molar-refractivity contribution in [2.24, 2.45) is 58.6 Å². The number of fused-ring (bicyclic) bond motifs is 10. The molecule has 9 aliphatic rings. The van der Waals surface area contributed by atoms with Gasteiger partial charge in [-0.05, 0) is 226 Å². The Morgan fingerprint density at radius 2 is 0.827 bits per heavy atom. The summed E-state index contributed by atoms with van der Waals surface area (Å²) in [5.74, 6) is -21.0. The minimum atomic E-state index is -2.70. The van der Waals surface area contributed by atoms with E-state index in [0.717, 1.165) is 27.5 Å². The topological polar surface area (TPSA) is 535 Å². The first-order chi connectivity index (χ1) is 59.8. The summed E-state index contributed by atoms with van der Waals surface area (Å²) < 4.78 is 19.1. The van der Waals surface area contributed by atoms with E-state index in [1.807, 2.05) is 38.1 Å². The number of benzene rings is 7. The number of phenolic OH excluding ortho intramolecular Hbond substituents is 3. The molecule has 31 nitrogen and oxygen atoms in total. The van der Waals surface area contributed by atoms with Crippen LogP contribution in [-0.2, 0) is 73.7 Å². The van der Waals surface area contributed by atoms with Gasteiger partial charge in [-0.2, -0.15) is 0 Å². The van der Waals surface area contributed by atoms with Gasteiger partial charge in [0.2, 0.25) is 17.3 Å². The van der Waals surface area contributed by atoms with E-state index in [0.29, 0.717) is 62.8 Å². The number of aliphatic hydroxyl groups is 9. The van der Waals surface area contributed by atoms with Crippen LogP contribution < -0.4 is 27.8 Å². The highest BCUT2D eigenvalue weighted by atomic mass is 19.1. The van der Waals surface area contributed by atoms with Crippen LogP contribution in [0.1, 0.15) is 91.5 Å². The largest absolute Gasteiger partial charge is 0.508 e. The van der Waals surface area contributed by atoms with Crippen molar-refractivity contribution in [1.82, 2.24) is 20.0 Å². The molecule has 20 N–H and O–H groups in total. The summed E-state index contributed by atoms with van der Waals surface area (Å²) in [5.41, 5.74) is 12.9. The van der Waals surface area contributed by atoms with E-state index in [9.17, 15) is 114 Å². The number of halogens is 1. The lowest BCUT2D eigenvalue weighted by Crippen LogP contribution is -2.65. The number of hydrogen-bond donors (Lipinski definition) is 17. The number of aliphatic hydroxyl groups excluding tert-OH is 6. The van der Waals surface area contributed by atoms with Gasteiger partial charge in [-0.3, -0.25) is 63.2 Å². The number of nitrogens with two attached hydrogens (primary N) is 3. The molecule has 0 radical (unpaired) electrons. The number of anilines is 1. The van der Waals surface area contributed by atoms with Gasteiger partial charge < -0.3 is 88.5 Å². The van der Waals surface area contributed by atoms with Crippen molar-refractivity contribution < 1.29 is 118 Å². The third-order valence-corrected chi connectivity index (χ3v) is 26.3. The van der Waals surface area contributed by atoms with Gasteiger partial charge in [0, 0.05) is 52.7 Å². The molecule has 127 heavy (non-hydrogen) atoms. The van der Waals surface area contributed by atoms with Crippen LogP contribution in [-0.4, -0.2) is 224 Å². The number of Topliss-reactive ketones (excluding diaryl/α,β-unsaturated/α-hetero) is 6. The van der Waals surface area contributed by atoms with E-state index in [2.05, 4.69) is 36.6 Å². The zero-order valence-electron chi connectivity index (χ0n) is 71.3. The summed E-state index contributed by atoms with van der Waals surface area (Å²) in [6.07, 6.45) is -0.0657. The van der Waals surface area contributed by atoms with Crippen molar-refractivity contribution in [3.63, 3.8) is 0 Å². The van der Waals surface area contributed by atoms with E-state index in [1.54, 1.807) is 104 Å². The number of ether oxygens (including phenoxy) is 1. The molecule has 16 rings (SSSR count). The summed E-state index contributed by atoms with van der Waals surface area (Å²) in [4.78, 5) is 135. The van der Waals surface area contributed by atoms with E-state index >= 15 is 0 Å². The lowest BCUT2D eigenvalue weighted by atomic mass is 9.57. The van der Waals surface area contributed by atoms with Crippen LogP contribution in [0.25, 0.3) is 61.4 Å². The van der Waals surface area contributed by atoms with Crippen molar-refractivity contribution in [2.45, 2.75) is 121 Å². The van der Waals surface area contributed by atoms with Crippen LogP contribution >= 0.6 is 0 Å². The summed E-state index contributed by atoms with van der Waals surface area (Å²) >= 11 is 0. The Balaban J connectivity index is 0.000000155. The predicted molar refractivity (Wildman–Crippen MR) is 463 cm³/mol. The molecule has 0 spiro atoms. The molecule has 664 valence electrons. The molecule has 4 amide bonds. The van der Waals surface area contributed by atoms with E-state index in [1.165, 1.54) is 39.0 Å². The van der Waals surface area contributed by atoms with Gasteiger partial charge in [0.15, 0.2) is 34.2 Å². The maximum atomic E-state index is 14.1. The highest BCUT2D eigenvalue weighted by Crippen LogP contribution is 2.59. The van der Waals surface area contributed by atoms with Crippen molar-refractivity contribution in [2.75, 3.05) is 54.2 Å². The molecular formula is C95H99FN8O23. The number of aromatic hydroxyl groups is 3. The second kappa shape index (κ2) is 33.3. The molecule has 3 saturated carbocycles. The third kappa shape index (κ3) is 14.5. The summed E-state index contributed by atoms with van der Waals surface area (Å²) in [7, 11) is 9.34. The van der Waals surface area contributed by atoms with Gasteiger partial charge in [-0.15, -0.1) is 0 Å². The number of amides is 4. The number of primary amides is 3. The fourth-order valence-electron chi connectivity index (χ4n) is 20.5. The molecule has 0 aliphatic heterocycles. The molecule has 0 saturated heterocycles. The van der Waals surface area contributed by atoms with Crippen LogP contribution in [0.4, 0.5) is 14.9 Å². The lowest BCUT2D eigenvalue weighted by molar-refractivity contribution is -0.155. The van der Waals surface area contributed by atoms with Gasteiger partial charge >= 0.3 is 6.09 Å². The first kappa shape index (κ1) is 90.0. The Morgan fingerprint density at radius 3 is 1.19 bits per heavy atom. The Labute approximate surface area is 727 Å². The van der Waals surface area contributed by atoms with Crippen LogP contribution in [0.15, 0.2) is 166 Å². The number of aryl methyl sites for hydroxylation is 1. The Kier molecular flexibility index (Phi) is 23.6. The number of carbonyl (C=O) groups excluding carboxylic acids is 10. The van der Waals surface area contributed by atoms with Crippen molar-refractivity contribution >= 4 is 92.3 Å². The molecule has 9 aliphatic carbocycles. The van der Waals surface area contributed by atoms with Gasteiger partial charge in [0.25, 0.3) is 17.7 Å². The highest BCUT2D eigenvalue weighted by molar-refractivity contribution is 6.27. The summed E-state index contributed by atoms with van der Waals surface area (Å²) in [6.45, 7) is 10.6. The van der Waals surface area contributed by atoms with Crippen molar-refractivity contribution in [1.29, 1.82) is 0 Å². The number of phenols is 3. The van der Waals surface area contributed by atoms with Crippen LogP contribution in [0, 0.1) is 54.2 Å². The molecule has 0 heterocycles. The average Bonchev–Trinajstić information content (AvgIpc) is 0.704. The Bertz CT molecular complexity index is 6170. The fraction of sp³-hybridized carbons (Fsp3) is 0.347. The summed E-state index contributed by atoms with van der Waals surface area (Å²) in [6, 6.07) is 29.6. The van der Waals surface area contributed by atoms with Crippen LogP contribution in [0.2, 0.25) is 0 Å². The second-order valence-corrected chi connectivity index (χ2v) is 35.4. The normalized spacial score (nSPS) is 25.3. The Hall–Kier alpha value is -13.2. The van der Waals surface area contributed by atoms with Gasteiger partial charge in [0.1, 0.15) is 74.3 Å². The molecule has 12 atom stereocenters. The molecule has 7 aromatic rings. The molecule has 0 unspecified atom stereocenters. The van der Waals surface area contributed by atoms with Crippen LogP contribution in [0.5, 0.6) is 17.2 Å². The zero-order chi connectivity index (χ0) is 92.6. The third-order valence-electron chi connectivity index (χ3n) is 26.3.